The standard InChI is InChI=1S/C29H35FO4/c1-4-32-21-29(34-28-13-5-22(2)6-14-28)25(19-23-7-11-26(30)12-8-23)17-18-33-20-24-9-15-27(31-3)16-10-24/h5-16,25,29H,4,17-21H2,1-3H3/t25-,29+/m1/s1. The zero-order valence-electron chi connectivity index (χ0n) is 20.3. The second kappa shape index (κ2) is 13.7. The molecule has 0 N–H and O–H groups in total. The van der Waals surface area contributed by atoms with Crippen LogP contribution < -0.4 is 9.47 Å². The van der Waals surface area contributed by atoms with Gasteiger partial charge in [0.2, 0.25) is 0 Å². The van der Waals surface area contributed by atoms with Crippen LogP contribution in [0.2, 0.25) is 0 Å². The number of hydrogen-bond donors (Lipinski definition) is 0. The van der Waals surface area contributed by atoms with E-state index >= 15 is 0 Å². The van der Waals surface area contributed by atoms with E-state index in [1.54, 1.807) is 7.11 Å². The Morgan fingerprint density at radius 1 is 0.794 bits per heavy atom. The normalized spacial score (nSPS) is 12.8. The van der Waals surface area contributed by atoms with Gasteiger partial charge in [0, 0.05) is 19.1 Å². The molecule has 0 aliphatic rings. The van der Waals surface area contributed by atoms with Gasteiger partial charge in [-0.3, -0.25) is 0 Å². The van der Waals surface area contributed by atoms with Crippen LogP contribution in [0.3, 0.4) is 0 Å². The van der Waals surface area contributed by atoms with E-state index in [1.807, 2.05) is 67.6 Å². The average Bonchev–Trinajstić information content (AvgIpc) is 2.86. The fourth-order valence-corrected chi connectivity index (χ4v) is 3.78. The maximum absolute atomic E-state index is 13.5. The Labute approximate surface area is 202 Å². The summed E-state index contributed by atoms with van der Waals surface area (Å²) in [7, 11) is 1.66. The summed E-state index contributed by atoms with van der Waals surface area (Å²) in [6.45, 7) is 6.24. The van der Waals surface area contributed by atoms with Crippen molar-refractivity contribution in [3.63, 3.8) is 0 Å². The molecule has 0 spiro atoms. The lowest BCUT2D eigenvalue weighted by Crippen LogP contribution is -2.34. The first kappa shape index (κ1) is 25.7. The summed E-state index contributed by atoms with van der Waals surface area (Å²) in [6.07, 6.45) is 1.38. The molecule has 0 saturated heterocycles. The maximum atomic E-state index is 13.5. The highest BCUT2D eigenvalue weighted by atomic mass is 19.1. The Hall–Kier alpha value is -2.89. The van der Waals surface area contributed by atoms with Gasteiger partial charge in [-0.25, -0.2) is 4.39 Å². The third-order valence-electron chi connectivity index (χ3n) is 5.79. The SMILES string of the molecule is CCOC[C@H](Oc1ccc(C)cc1)[C@H](CCOCc1ccc(OC)cc1)Cc1ccc(F)cc1. The average molecular weight is 467 g/mol. The van der Waals surface area contributed by atoms with E-state index in [1.165, 1.54) is 17.7 Å². The van der Waals surface area contributed by atoms with Crippen molar-refractivity contribution < 1.29 is 23.3 Å². The molecule has 5 heteroatoms. The zero-order valence-corrected chi connectivity index (χ0v) is 20.3. The van der Waals surface area contributed by atoms with Gasteiger partial charge >= 0.3 is 0 Å². The third-order valence-corrected chi connectivity index (χ3v) is 5.79. The molecule has 34 heavy (non-hydrogen) atoms. The van der Waals surface area contributed by atoms with Gasteiger partial charge in [0.05, 0.1) is 20.3 Å². The highest BCUT2D eigenvalue weighted by Crippen LogP contribution is 2.24. The number of benzene rings is 3. The monoisotopic (exact) mass is 466 g/mol. The molecule has 4 nitrogen and oxygen atoms in total. The summed E-state index contributed by atoms with van der Waals surface area (Å²) in [5.74, 6) is 1.55. The van der Waals surface area contributed by atoms with Crippen LogP contribution in [-0.2, 0) is 22.5 Å². The molecule has 182 valence electrons. The molecule has 3 aromatic carbocycles. The minimum Gasteiger partial charge on any atom is -0.497 e. The quantitative estimate of drug-likeness (QED) is 0.258. The third kappa shape index (κ3) is 8.47. The molecule has 0 aliphatic heterocycles. The summed E-state index contributed by atoms with van der Waals surface area (Å²) in [6, 6.07) is 22.6. The molecule has 0 saturated carbocycles. The number of halogens is 1. The van der Waals surface area contributed by atoms with Crippen molar-refractivity contribution in [1.29, 1.82) is 0 Å². The Kier molecular flexibility index (Phi) is 10.4. The summed E-state index contributed by atoms with van der Waals surface area (Å²) >= 11 is 0. The van der Waals surface area contributed by atoms with Gasteiger partial charge in [0.15, 0.2) is 0 Å². The second-order valence-electron chi connectivity index (χ2n) is 8.41. The molecule has 3 rings (SSSR count). The van der Waals surface area contributed by atoms with Gasteiger partial charge in [-0.15, -0.1) is 0 Å². The van der Waals surface area contributed by atoms with Crippen LogP contribution in [0, 0.1) is 18.7 Å². The van der Waals surface area contributed by atoms with E-state index < -0.39 is 0 Å². The summed E-state index contributed by atoms with van der Waals surface area (Å²) in [5.41, 5.74) is 3.34. The van der Waals surface area contributed by atoms with Crippen molar-refractivity contribution in [1.82, 2.24) is 0 Å². The van der Waals surface area contributed by atoms with Crippen LogP contribution in [0.25, 0.3) is 0 Å². The molecule has 0 heterocycles. The van der Waals surface area contributed by atoms with Gasteiger partial charge in [0.25, 0.3) is 0 Å². The lowest BCUT2D eigenvalue weighted by Gasteiger charge is -2.28. The van der Waals surface area contributed by atoms with Gasteiger partial charge in [-0.2, -0.15) is 0 Å². The van der Waals surface area contributed by atoms with Crippen LogP contribution in [0.1, 0.15) is 30.0 Å². The van der Waals surface area contributed by atoms with Gasteiger partial charge in [-0.05, 0) is 74.2 Å². The summed E-state index contributed by atoms with van der Waals surface area (Å²) in [4.78, 5) is 0. The fourth-order valence-electron chi connectivity index (χ4n) is 3.78. The first-order valence-corrected chi connectivity index (χ1v) is 11.8. The van der Waals surface area contributed by atoms with E-state index in [0.29, 0.717) is 26.4 Å². The highest BCUT2D eigenvalue weighted by molar-refractivity contribution is 5.27. The zero-order chi connectivity index (χ0) is 24.2. The lowest BCUT2D eigenvalue weighted by molar-refractivity contribution is 0.0105. The first-order chi connectivity index (χ1) is 16.6. The van der Waals surface area contributed by atoms with E-state index in [4.69, 9.17) is 18.9 Å². The molecule has 0 unspecified atom stereocenters. The smallest absolute Gasteiger partial charge is 0.125 e. The first-order valence-electron chi connectivity index (χ1n) is 11.8. The molecular formula is C29H35FO4. The van der Waals surface area contributed by atoms with Crippen molar-refractivity contribution >= 4 is 0 Å². The summed E-state index contributed by atoms with van der Waals surface area (Å²) in [5, 5.41) is 0. The van der Waals surface area contributed by atoms with Crippen molar-refractivity contribution in [3.8, 4) is 11.5 Å². The predicted octanol–water partition coefficient (Wildman–Crippen LogP) is 6.39. The lowest BCUT2D eigenvalue weighted by atomic mass is 9.91. The number of aryl methyl sites for hydroxylation is 1. The largest absolute Gasteiger partial charge is 0.497 e. The molecule has 0 amide bonds. The van der Waals surface area contributed by atoms with Crippen molar-refractivity contribution in [3.05, 3.63) is 95.3 Å². The predicted molar refractivity (Wildman–Crippen MR) is 133 cm³/mol. The topological polar surface area (TPSA) is 36.9 Å². The molecule has 3 aromatic rings. The fraction of sp³-hybridized carbons (Fsp3) is 0.379. The van der Waals surface area contributed by atoms with Crippen molar-refractivity contribution in [2.24, 2.45) is 5.92 Å². The second-order valence-corrected chi connectivity index (χ2v) is 8.41. The van der Waals surface area contributed by atoms with Crippen molar-refractivity contribution in [2.45, 2.75) is 39.4 Å². The summed E-state index contributed by atoms with van der Waals surface area (Å²) < 4.78 is 36.9. The molecule has 2 atom stereocenters. The molecule has 0 aliphatic carbocycles. The van der Waals surface area contributed by atoms with Crippen LogP contribution in [-0.4, -0.2) is 33.0 Å². The molecule has 0 fully saturated rings. The molecule has 0 aromatic heterocycles. The molecule has 0 bridgehead atoms. The molecule has 0 radical (unpaired) electrons. The van der Waals surface area contributed by atoms with Crippen LogP contribution in [0.5, 0.6) is 11.5 Å². The van der Waals surface area contributed by atoms with Crippen LogP contribution in [0.4, 0.5) is 4.39 Å². The van der Waals surface area contributed by atoms with Gasteiger partial charge in [-0.1, -0.05) is 42.0 Å². The van der Waals surface area contributed by atoms with E-state index in [9.17, 15) is 4.39 Å². The maximum Gasteiger partial charge on any atom is 0.125 e. The Balaban J connectivity index is 1.68. The van der Waals surface area contributed by atoms with E-state index in [-0.39, 0.29) is 17.8 Å². The number of hydrogen-bond acceptors (Lipinski definition) is 4. The van der Waals surface area contributed by atoms with E-state index in [0.717, 1.165) is 35.5 Å². The highest BCUT2D eigenvalue weighted by Gasteiger charge is 2.24. The Bertz CT molecular complexity index is 955. The number of rotatable bonds is 14. The minimum atomic E-state index is -0.232. The Morgan fingerprint density at radius 2 is 1.44 bits per heavy atom. The number of ether oxygens (including phenoxy) is 4. The minimum absolute atomic E-state index is 0.134. The van der Waals surface area contributed by atoms with E-state index in [2.05, 4.69) is 6.92 Å². The van der Waals surface area contributed by atoms with Gasteiger partial charge in [0.1, 0.15) is 23.4 Å². The van der Waals surface area contributed by atoms with Crippen LogP contribution in [0.15, 0.2) is 72.8 Å². The number of methoxy groups -OCH3 is 1. The van der Waals surface area contributed by atoms with Crippen molar-refractivity contribution in [2.75, 3.05) is 26.9 Å². The van der Waals surface area contributed by atoms with Gasteiger partial charge < -0.3 is 18.9 Å². The van der Waals surface area contributed by atoms with Crippen LogP contribution >= 0.6 is 0 Å². The molecular weight excluding hydrogens is 431 g/mol. The Morgan fingerprint density at radius 3 is 2.09 bits per heavy atom.